The lowest BCUT2D eigenvalue weighted by molar-refractivity contribution is -0.111. The van der Waals surface area contributed by atoms with E-state index in [2.05, 4.69) is 20.8 Å². The Balaban J connectivity index is 1.79. The first-order chi connectivity index (χ1) is 11.1. The molecule has 0 fully saturated rings. The monoisotopic (exact) mass is 308 g/mol. The molecular weight excluding hydrogens is 299 g/mol. The average molecular weight is 308 g/mol. The summed E-state index contributed by atoms with van der Waals surface area (Å²) in [5, 5.41) is 13.0. The van der Waals surface area contributed by atoms with Gasteiger partial charge in [-0.15, -0.1) is 10.2 Å². The van der Waals surface area contributed by atoms with Gasteiger partial charge in [0.25, 0.3) is 11.8 Å². The molecule has 0 saturated heterocycles. The third-order valence-electron chi connectivity index (χ3n) is 3.60. The third-order valence-corrected chi connectivity index (χ3v) is 3.60. The summed E-state index contributed by atoms with van der Waals surface area (Å²) in [6.45, 7) is 0. The molecule has 2 aliphatic rings. The number of benzene rings is 2. The Hall–Kier alpha value is -3.35. The zero-order valence-electron chi connectivity index (χ0n) is 11.6. The molecule has 0 aliphatic carbocycles. The molecule has 23 heavy (non-hydrogen) atoms. The van der Waals surface area contributed by atoms with Gasteiger partial charge in [-0.05, 0) is 24.3 Å². The maximum absolute atomic E-state index is 13.4. The fourth-order valence-electron chi connectivity index (χ4n) is 2.53. The van der Waals surface area contributed by atoms with Crippen molar-refractivity contribution in [1.29, 1.82) is 0 Å². The van der Waals surface area contributed by atoms with Gasteiger partial charge in [0.1, 0.15) is 5.82 Å². The van der Waals surface area contributed by atoms with Crippen LogP contribution in [-0.2, 0) is 9.59 Å². The molecule has 0 bridgehead atoms. The molecule has 0 atom stereocenters. The van der Waals surface area contributed by atoms with Crippen LogP contribution in [0.4, 0.5) is 15.8 Å². The standard InChI is InChI=1S/C16H9FN4O2/c17-8-5-6-12-10(7-8)14(16(23)19-12)21-20-13-9-3-1-2-4-11(9)18-15(13)22/h1-7H,(H,18,20,22)(H,19,21,23). The second-order valence-corrected chi connectivity index (χ2v) is 5.04. The fourth-order valence-corrected chi connectivity index (χ4v) is 2.53. The third kappa shape index (κ3) is 2.10. The lowest BCUT2D eigenvalue weighted by Gasteiger charge is -1.96. The van der Waals surface area contributed by atoms with E-state index in [0.29, 0.717) is 22.5 Å². The van der Waals surface area contributed by atoms with E-state index in [-0.39, 0.29) is 11.4 Å². The highest BCUT2D eigenvalue weighted by molar-refractivity contribution is 6.55. The molecule has 2 heterocycles. The fraction of sp³-hybridized carbons (Fsp3) is 0. The first kappa shape index (κ1) is 13.3. The van der Waals surface area contributed by atoms with Crippen molar-refractivity contribution in [2.75, 3.05) is 10.6 Å². The molecule has 2 aromatic rings. The number of halogens is 1. The molecule has 112 valence electrons. The van der Waals surface area contributed by atoms with Crippen LogP contribution in [0.15, 0.2) is 52.7 Å². The normalized spacial score (nSPS) is 18.8. The molecule has 2 N–H and O–H groups in total. The van der Waals surface area contributed by atoms with Crippen molar-refractivity contribution in [1.82, 2.24) is 0 Å². The molecule has 7 heteroatoms. The Morgan fingerprint density at radius 3 is 2.13 bits per heavy atom. The highest BCUT2D eigenvalue weighted by Crippen LogP contribution is 2.26. The highest BCUT2D eigenvalue weighted by Gasteiger charge is 2.28. The minimum atomic E-state index is -0.485. The molecule has 2 aromatic carbocycles. The van der Waals surface area contributed by atoms with Crippen molar-refractivity contribution >= 4 is 34.6 Å². The summed E-state index contributed by atoms with van der Waals surface area (Å²) in [6.07, 6.45) is 0. The summed E-state index contributed by atoms with van der Waals surface area (Å²) in [7, 11) is 0. The molecule has 0 unspecified atom stereocenters. The van der Waals surface area contributed by atoms with Crippen LogP contribution in [0, 0.1) is 5.82 Å². The van der Waals surface area contributed by atoms with Crippen LogP contribution >= 0.6 is 0 Å². The maximum Gasteiger partial charge on any atom is 0.276 e. The van der Waals surface area contributed by atoms with E-state index in [0.717, 1.165) is 0 Å². The Kier molecular flexibility index (Phi) is 2.80. The van der Waals surface area contributed by atoms with E-state index in [1.165, 1.54) is 18.2 Å². The van der Waals surface area contributed by atoms with Crippen LogP contribution in [0.2, 0.25) is 0 Å². The maximum atomic E-state index is 13.4. The van der Waals surface area contributed by atoms with Gasteiger partial charge in [-0.1, -0.05) is 18.2 Å². The van der Waals surface area contributed by atoms with Crippen molar-refractivity contribution in [3.8, 4) is 0 Å². The van der Waals surface area contributed by atoms with Crippen molar-refractivity contribution < 1.29 is 14.0 Å². The van der Waals surface area contributed by atoms with Gasteiger partial charge in [0.05, 0.1) is 11.4 Å². The summed E-state index contributed by atoms with van der Waals surface area (Å²) >= 11 is 0. The van der Waals surface area contributed by atoms with Gasteiger partial charge in [-0.25, -0.2) is 4.39 Å². The van der Waals surface area contributed by atoms with E-state index in [1.807, 2.05) is 0 Å². The van der Waals surface area contributed by atoms with Crippen molar-refractivity contribution in [2.24, 2.45) is 10.2 Å². The van der Waals surface area contributed by atoms with Crippen molar-refractivity contribution in [3.05, 3.63) is 59.4 Å². The van der Waals surface area contributed by atoms with E-state index in [1.54, 1.807) is 24.3 Å². The van der Waals surface area contributed by atoms with Gasteiger partial charge in [0.15, 0.2) is 11.4 Å². The number of fused-ring (bicyclic) bond motifs is 2. The Bertz CT molecular complexity index is 933. The summed E-state index contributed by atoms with van der Waals surface area (Å²) in [4.78, 5) is 23.9. The van der Waals surface area contributed by atoms with Gasteiger partial charge in [0.2, 0.25) is 0 Å². The molecule has 0 radical (unpaired) electrons. The van der Waals surface area contributed by atoms with E-state index < -0.39 is 17.6 Å². The van der Waals surface area contributed by atoms with Crippen LogP contribution in [0.25, 0.3) is 0 Å². The van der Waals surface area contributed by atoms with Gasteiger partial charge in [-0.2, -0.15) is 0 Å². The molecule has 0 saturated carbocycles. The highest BCUT2D eigenvalue weighted by atomic mass is 19.1. The molecular formula is C16H9FN4O2. The van der Waals surface area contributed by atoms with Gasteiger partial charge >= 0.3 is 0 Å². The predicted octanol–water partition coefficient (Wildman–Crippen LogP) is 1.92. The van der Waals surface area contributed by atoms with Gasteiger partial charge in [-0.3, -0.25) is 9.59 Å². The molecule has 4 rings (SSSR count). The van der Waals surface area contributed by atoms with Crippen LogP contribution in [-0.4, -0.2) is 23.2 Å². The molecule has 6 nitrogen and oxygen atoms in total. The van der Waals surface area contributed by atoms with E-state index in [9.17, 15) is 14.0 Å². The second kappa shape index (κ2) is 4.84. The van der Waals surface area contributed by atoms with Crippen LogP contribution < -0.4 is 10.6 Å². The number of carbonyl (C=O) groups is 2. The number of carbonyl (C=O) groups excluding carboxylic acids is 2. The molecule has 0 spiro atoms. The van der Waals surface area contributed by atoms with Crippen molar-refractivity contribution in [2.45, 2.75) is 0 Å². The summed E-state index contributed by atoms with van der Waals surface area (Å²) in [5.74, 6) is -1.36. The van der Waals surface area contributed by atoms with E-state index in [4.69, 9.17) is 0 Å². The number of nitrogens with zero attached hydrogens (tertiary/aromatic N) is 2. The van der Waals surface area contributed by atoms with Crippen LogP contribution in [0.3, 0.4) is 0 Å². The topological polar surface area (TPSA) is 82.9 Å². The minimum absolute atomic E-state index is 0.0239. The average Bonchev–Trinajstić information content (AvgIpc) is 3.01. The number of nitrogens with one attached hydrogen (secondary N) is 2. The summed E-state index contributed by atoms with van der Waals surface area (Å²) < 4.78 is 13.4. The number of hydrogen-bond acceptors (Lipinski definition) is 4. The number of rotatable bonds is 1. The van der Waals surface area contributed by atoms with Gasteiger partial charge in [0, 0.05) is 11.1 Å². The lowest BCUT2D eigenvalue weighted by Crippen LogP contribution is -2.16. The summed E-state index contributed by atoms with van der Waals surface area (Å²) in [6, 6.07) is 10.9. The molecule has 2 amide bonds. The van der Waals surface area contributed by atoms with Gasteiger partial charge < -0.3 is 10.6 Å². The smallest absolute Gasteiger partial charge is 0.276 e. The zero-order valence-corrected chi connectivity index (χ0v) is 11.6. The minimum Gasteiger partial charge on any atom is -0.320 e. The first-order valence-electron chi connectivity index (χ1n) is 6.81. The summed E-state index contributed by atoms with van der Waals surface area (Å²) in [5.41, 5.74) is 2.13. The van der Waals surface area contributed by atoms with Crippen molar-refractivity contribution in [3.63, 3.8) is 0 Å². The Morgan fingerprint density at radius 2 is 1.39 bits per heavy atom. The number of anilines is 2. The second-order valence-electron chi connectivity index (χ2n) is 5.04. The number of para-hydroxylation sites is 1. The quantitative estimate of drug-likeness (QED) is 0.789. The van der Waals surface area contributed by atoms with Crippen LogP contribution in [0.5, 0.6) is 0 Å². The predicted molar refractivity (Wildman–Crippen MR) is 83.2 cm³/mol. The molecule has 0 aromatic heterocycles. The first-order valence-corrected chi connectivity index (χ1v) is 6.81. The zero-order chi connectivity index (χ0) is 16.0. The largest absolute Gasteiger partial charge is 0.320 e. The number of hydrogen-bond donors (Lipinski definition) is 2. The SMILES string of the molecule is O=C1Nc2ccccc2/C1=N/N=C1\C(=O)Nc2ccc(F)cc21. The van der Waals surface area contributed by atoms with E-state index >= 15 is 0 Å². The Morgan fingerprint density at radius 1 is 0.783 bits per heavy atom. The molecule has 2 aliphatic heterocycles. The lowest BCUT2D eigenvalue weighted by atomic mass is 10.1. The Labute approximate surface area is 129 Å². The number of amides is 2. The van der Waals surface area contributed by atoms with Crippen LogP contribution in [0.1, 0.15) is 11.1 Å².